The normalized spacial score (nSPS) is 11.2. The van der Waals surface area contributed by atoms with Crippen molar-refractivity contribution >= 4 is 34.3 Å². The summed E-state index contributed by atoms with van der Waals surface area (Å²) in [5.41, 5.74) is 1.47. The number of hydrogen-bond donors (Lipinski definition) is 1. The molecule has 0 fully saturated rings. The van der Waals surface area contributed by atoms with Crippen molar-refractivity contribution in [1.29, 1.82) is 0 Å². The van der Waals surface area contributed by atoms with Crippen LogP contribution in [0.4, 0.5) is 5.69 Å². The van der Waals surface area contributed by atoms with Gasteiger partial charge in [-0.1, -0.05) is 30.0 Å². The van der Waals surface area contributed by atoms with E-state index in [4.69, 9.17) is 4.42 Å². The first-order chi connectivity index (χ1) is 13.6. The van der Waals surface area contributed by atoms with Gasteiger partial charge in [0.05, 0.1) is 17.6 Å². The second-order valence-electron chi connectivity index (χ2n) is 6.50. The number of carbonyl (C=O) groups is 1. The van der Waals surface area contributed by atoms with Crippen LogP contribution in [0, 0.1) is 0 Å². The van der Waals surface area contributed by atoms with Crippen LogP contribution in [0.5, 0.6) is 0 Å². The average Bonchev–Trinajstić information content (AvgIpc) is 3.31. The number of fused-ring (bicyclic) bond motifs is 1. The van der Waals surface area contributed by atoms with Crippen molar-refractivity contribution in [1.82, 2.24) is 19.7 Å². The molecule has 3 aromatic heterocycles. The van der Waals surface area contributed by atoms with Gasteiger partial charge in [0.15, 0.2) is 10.9 Å². The van der Waals surface area contributed by atoms with E-state index in [1.165, 1.54) is 11.8 Å². The van der Waals surface area contributed by atoms with Crippen molar-refractivity contribution in [2.75, 3.05) is 11.1 Å². The maximum atomic E-state index is 12.2. The van der Waals surface area contributed by atoms with E-state index in [1.54, 1.807) is 24.5 Å². The van der Waals surface area contributed by atoms with E-state index >= 15 is 0 Å². The SMILES string of the molecule is CC(C)n1c(SCC(=O)Nc2cccnc2)nnc1-c1cc2ccccc2o1. The number of thioether (sulfide) groups is 1. The van der Waals surface area contributed by atoms with Crippen LogP contribution >= 0.6 is 11.8 Å². The van der Waals surface area contributed by atoms with Gasteiger partial charge in [0.1, 0.15) is 5.58 Å². The van der Waals surface area contributed by atoms with Crippen LogP contribution in [0.2, 0.25) is 0 Å². The maximum absolute atomic E-state index is 12.2. The molecule has 1 aromatic carbocycles. The zero-order valence-corrected chi connectivity index (χ0v) is 16.3. The molecular weight excluding hydrogens is 374 g/mol. The molecule has 4 rings (SSSR count). The second-order valence-corrected chi connectivity index (χ2v) is 7.44. The molecule has 7 nitrogen and oxygen atoms in total. The van der Waals surface area contributed by atoms with E-state index < -0.39 is 0 Å². The monoisotopic (exact) mass is 393 g/mol. The smallest absolute Gasteiger partial charge is 0.234 e. The summed E-state index contributed by atoms with van der Waals surface area (Å²) in [5.74, 6) is 1.41. The van der Waals surface area contributed by atoms with Crippen LogP contribution in [-0.2, 0) is 4.79 Å². The Hall–Kier alpha value is -3.13. The molecule has 0 radical (unpaired) electrons. The predicted octanol–water partition coefficient (Wildman–Crippen LogP) is 4.40. The van der Waals surface area contributed by atoms with Gasteiger partial charge in [0.2, 0.25) is 11.7 Å². The van der Waals surface area contributed by atoms with Crippen molar-refractivity contribution in [2.24, 2.45) is 0 Å². The Morgan fingerprint density at radius 2 is 2.07 bits per heavy atom. The molecule has 1 amide bonds. The number of nitrogens with zero attached hydrogens (tertiary/aromatic N) is 4. The number of amides is 1. The van der Waals surface area contributed by atoms with Crippen LogP contribution < -0.4 is 5.32 Å². The molecule has 4 aromatic rings. The van der Waals surface area contributed by atoms with Crippen molar-refractivity contribution in [2.45, 2.75) is 25.0 Å². The number of carbonyl (C=O) groups excluding carboxylic acids is 1. The number of rotatable bonds is 6. The molecular formula is C20H19N5O2S. The minimum absolute atomic E-state index is 0.113. The number of hydrogen-bond acceptors (Lipinski definition) is 6. The highest BCUT2D eigenvalue weighted by Crippen LogP contribution is 2.31. The van der Waals surface area contributed by atoms with Crippen LogP contribution in [0.1, 0.15) is 19.9 Å². The molecule has 0 bridgehead atoms. The van der Waals surface area contributed by atoms with Gasteiger partial charge in [-0.25, -0.2) is 0 Å². The first kappa shape index (κ1) is 18.2. The van der Waals surface area contributed by atoms with Gasteiger partial charge in [-0.2, -0.15) is 0 Å². The zero-order valence-electron chi connectivity index (χ0n) is 15.5. The Morgan fingerprint density at radius 3 is 2.82 bits per heavy atom. The number of furan rings is 1. The number of benzene rings is 1. The minimum Gasteiger partial charge on any atom is -0.453 e. The van der Waals surface area contributed by atoms with Crippen LogP contribution in [0.15, 0.2) is 64.4 Å². The predicted molar refractivity (Wildman–Crippen MR) is 109 cm³/mol. The number of aromatic nitrogens is 4. The highest BCUT2D eigenvalue weighted by molar-refractivity contribution is 7.99. The Morgan fingerprint density at radius 1 is 1.21 bits per heavy atom. The van der Waals surface area contributed by atoms with Gasteiger partial charge in [0, 0.05) is 17.6 Å². The molecule has 0 atom stereocenters. The van der Waals surface area contributed by atoms with Crippen molar-refractivity contribution < 1.29 is 9.21 Å². The fourth-order valence-corrected chi connectivity index (χ4v) is 3.73. The summed E-state index contributed by atoms with van der Waals surface area (Å²) in [6.45, 7) is 4.10. The number of nitrogens with one attached hydrogen (secondary N) is 1. The number of para-hydroxylation sites is 1. The number of pyridine rings is 1. The molecule has 1 N–H and O–H groups in total. The Balaban J connectivity index is 1.54. The van der Waals surface area contributed by atoms with Crippen molar-refractivity contribution in [3.05, 3.63) is 54.9 Å². The maximum Gasteiger partial charge on any atom is 0.234 e. The molecule has 0 aliphatic carbocycles. The third kappa shape index (κ3) is 3.77. The first-order valence-corrected chi connectivity index (χ1v) is 9.87. The lowest BCUT2D eigenvalue weighted by molar-refractivity contribution is -0.113. The number of anilines is 1. The van der Waals surface area contributed by atoms with Crippen molar-refractivity contribution in [3.63, 3.8) is 0 Å². The van der Waals surface area contributed by atoms with Crippen LogP contribution in [0.25, 0.3) is 22.6 Å². The molecule has 0 aliphatic heterocycles. The van der Waals surface area contributed by atoms with Gasteiger partial charge in [-0.15, -0.1) is 10.2 Å². The lowest BCUT2D eigenvalue weighted by atomic mass is 10.2. The van der Waals surface area contributed by atoms with Gasteiger partial charge in [-0.05, 0) is 38.1 Å². The lowest BCUT2D eigenvalue weighted by Crippen LogP contribution is -2.15. The van der Waals surface area contributed by atoms with Gasteiger partial charge < -0.3 is 9.73 Å². The summed E-state index contributed by atoms with van der Waals surface area (Å²) < 4.78 is 7.93. The van der Waals surface area contributed by atoms with Crippen molar-refractivity contribution in [3.8, 4) is 11.6 Å². The van der Waals surface area contributed by atoms with E-state index in [0.29, 0.717) is 22.4 Å². The molecule has 0 unspecified atom stereocenters. The fraction of sp³-hybridized carbons (Fsp3) is 0.200. The highest BCUT2D eigenvalue weighted by atomic mass is 32.2. The van der Waals surface area contributed by atoms with Crippen LogP contribution in [-0.4, -0.2) is 31.4 Å². The zero-order chi connectivity index (χ0) is 19.5. The molecule has 0 saturated heterocycles. The fourth-order valence-electron chi connectivity index (χ4n) is 2.86. The van der Waals surface area contributed by atoms with Gasteiger partial charge in [0.25, 0.3) is 0 Å². The third-order valence-corrected chi connectivity index (χ3v) is 5.05. The summed E-state index contributed by atoms with van der Waals surface area (Å²) in [5, 5.41) is 13.1. The van der Waals surface area contributed by atoms with E-state index in [-0.39, 0.29) is 17.7 Å². The lowest BCUT2D eigenvalue weighted by Gasteiger charge is -2.12. The largest absolute Gasteiger partial charge is 0.453 e. The Bertz CT molecular complexity index is 1070. The highest BCUT2D eigenvalue weighted by Gasteiger charge is 2.20. The quantitative estimate of drug-likeness (QED) is 0.489. The first-order valence-electron chi connectivity index (χ1n) is 8.88. The van der Waals surface area contributed by atoms with Gasteiger partial charge >= 0.3 is 0 Å². The third-order valence-electron chi connectivity index (χ3n) is 4.10. The summed E-state index contributed by atoms with van der Waals surface area (Å²) in [6.07, 6.45) is 3.27. The van der Waals surface area contributed by atoms with E-state index in [0.717, 1.165) is 11.0 Å². The summed E-state index contributed by atoms with van der Waals surface area (Å²) in [4.78, 5) is 16.2. The second kappa shape index (κ2) is 7.85. The molecule has 28 heavy (non-hydrogen) atoms. The molecule has 0 saturated carbocycles. The van der Waals surface area contributed by atoms with Crippen LogP contribution in [0.3, 0.4) is 0 Å². The summed E-state index contributed by atoms with van der Waals surface area (Å²) in [6, 6.07) is 13.5. The minimum atomic E-state index is -0.124. The Labute approximate surface area is 166 Å². The molecule has 0 aliphatic rings. The molecule has 142 valence electrons. The van der Waals surface area contributed by atoms with Gasteiger partial charge in [-0.3, -0.25) is 14.3 Å². The topological polar surface area (TPSA) is 85.8 Å². The summed E-state index contributed by atoms with van der Waals surface area (Å²) >= 11 is 1.34. The Kier molecular flexibility index (Phi) is 5.12. The summed E-state index contributed by atoms with van der Waals surface area (Å²) in [7, 11) is 0. The molecule has 8 heteroatoms. The molecule has 0 spiro atoms. The van der Waals surface area contributed by atoms with E-state index in [1.807, 2.05) is 34.9 Å². The van der Waals surface area contributed by atoms with E-state index in [2.05, 4.69) is 34.3 Å². The molecule has 3 heterocycles. The average molecular weight is 393 g/mol. The standard InChI is InChI=1S/C20H19N5O2S/c1-13(2)25-19(17-10-14-6-3-4-8-16(14)27-17)23-24-20(25)28-12-18(26)22-15-7-5-9-21-11-15/h3-11,13H,12H2,1-2H3,(H,22,26). The van der Waals surface area contributed by atoms with E-state index in [9.17, 15) is 4.79 Å².